The summed E-state index contributed by atoms with van der Waals surface area (Å²) in [6, 6.07) is -0.893. The smallest absolute Gasteiger partial charge is 0.306 e. The molecule has 0 heterocycles. The third kappa shape index (κ3) is 58.4. The van der Waals surface area contributed by atoms with E-state index in [0.717, 1.165) is 83.5 Å². The van der Waals surface area contributed by atoms with Gasteiger partial charge in [-0.3, -0.25) is 14.2 Å². The minimum absolute atomic E-state index is 0.0244. The Morgan fingerprint density at radius 1 is 0.449 bits per heavy atom. The van der Waals surface area contributed by atoms with Gasteiger partial charge in [-0.05, 0) is 96.0 Å². The van der Waals surface area contributed by atoms with Gasteiger partial charge in [0.2, 0.25) is 5.91 Å². The van der Waals surface area contributed by atoms with Crippen molar-refractivity contribution in [2.24, 2.45) is 0 Å². The van der Waals surface area contributed by atoms with E-state index < -0.39 is 26.6 Å². The van der Waals surface area contributed by atoms with Crippen LogP contribution in [-0.4, -0.2) is 69.4 Å². The molecule has 3 unspecified atom stereocenters. The van der Waals surface area contributed by atoms with E-state index in [1.54, 1.807) is 0 Å². The molecule has 9 nitrogen and oxygen atoms in total. The number of nitrogens with zero attached hydrogens (tertiary/aromatic N) is 1. The zero-order valence-corrected chi connectivity index (χ0v) is 53.0. The van der Waals surface area contributed by atoms with Crippen LogP contribution in [-0.2, 0) is 27.9 Å². The third-order valence-corrected chi connectivity index (χ3v) is 15.6. The maximum Gasteiger partial charge on any atom is 0.306 e. The highest BCUT2D eigenvalue weighted by Gasteiger charge is 2.27. The van der Waals surface area contributed by atoms with Gasteiger partial charge < -0.3 is 28.5 Å². The van der Waals surface area contributed by atoms with Gasteiger partial charge in [-0.1, -0.05) is 262 Å². The van der Waals surface area contributed by atoms with Crippen molar-refractivity contribution in [1.29, 1.82) is 0 Å². The van der Waals surface area contributed by atoms with Crippen molar-refractivity contribution < 1.29 is 37.3 Å². The lowest BCUT2D eigenvalue weighted by molar-refractivity contribution is -0.870. The van der Waals surface area contributed by atoms with Gasteiger partial charge in [-0.15, -0.1) is 0 Å². The fraction of sp³-hybridized carbons (Fsp3) is 0.824. The molecule has 0 aromatic carbocycles. The van der Waals surface area contributed by atoms with Gasteiger partial charge in [0.15, 0.2) is 0 Å². The Bertz CT molecular complexity index is 1520. The fourth-order valence-electron chi connectivity index (χ4n) is 9.52. The van der Waals surface area contributed by atoms with Gasteiger partial charge in [0.1, 0.15) is 19.3 Å². The van der Waals surface area contributed by atoms with Crippen LogP contribution in [0.5, 0.6) is 0 Å². The summed E-state index contributed by atoms with van der Waals surface area (Å²) < 4.78 is 30.4. The van der Waals surface area contributed by atoms with Gasteiger partial charge >= 0.3 is 5.97 Å². The molecular formula is C68H127N2O7P. The number of esters is 1. The summed E-state index contributed by atoms with van der Waals surface area (Å²) in [7, 11) is 1.18. The molecule has 0 aliphatic heterocycles. The first-order valence-corrected chi connectivity index (χ1v) is 34.6. The number of likely N-dealkylation sites (N-methyl/N-ethyl adjacent to an activating group) is 1. The van der Waals surface area contributed by atoms with E-state index in [4.69, 9.17) is 13.8 Å². The van der Waals surface area contributed by atoms with Crippen molar-refractivity contribution in [2.75, 3.05) is 40.9 Å². The van der Waals surface area contributed by atoms with Crippen LogP contribution in [0.2, 0.25) is 0 Å². The number of phosphoric ester groups is 1. The number of hydrogen-bond acceptors (Lipinski definition) is 7. The molecule has 0 saturated carbocycles. The van der Waals surface area contributed by atoms with E-state index in [-0.39, 0.29) is 24.9 Å². The molecule has 0 aliphatic carbocycles. The van der Waals surface area contributed by atoms with E-state index in [1.807, 2.05) is 33.3 Å². The number of phosphoric acid groups is 1. The quantitative estimate of drug-likeness (QED) is 0.0212. The first kappa shape index (κ1) is 75.7. The molecule has 0 aromatic heterocycles. The largest absolute Gasteiger partial charge is 0.756 e. The summed E-state index contributed by atoms with van der Waals surface area (Å²) in [4.78, 5) is 40.1. The Morgan fingerprint density at radius 2 is 0.782 bits per heavy atom. The summed E-state index contributed by atoms with van der Waals surface area (Å²) in [5, 5.41) is 3.03. The molecule has 0 spiro atoms. The van der Waals surface area contributed by atoms with Gasteiger partial charge in [0, 0.05) is 12.8 Å². The van der Waals surface area contributed by atoms with Crippen LogP contribution in [0, 0.1) is 0 Å². The Hall–Kier alpha value is -2.29. The highest BCUT2D eigenvalue weighted by atomic mass is 31.2. The number of rotatable bonds is 60. The molecule has 0 bridgehead atoms. The zero-order valence-electron chi connectivity index (χ0n) is 52.1. The summed E-state index contributed by atoms with van der Waals surface area (Å²) in [5.74, 6) is -0.543. The number of nitrogens with one attached hydrogen (secondary N) is 1. The third-order valence-electron chi connectivity index (χ3n) is 14.7. The lowest BCUT2D eigenvalue weighted by Gasteiger charge is -2.30. The van der Waals surface area contributed by atoms with Crippen LogP contribution in [0.3, 0.4) is 0 Å². The zero-order chi connectivity index (χ0) is 57.2. The molecule has 0 saturated heterocycles. The van der Waals surface area contributed by atoms with Crippen LogP contribution in [0.4, 0.5) is 0 Å². The number of quaternary nitrogens is 1. The molecule has 456 valence electrons. The van der Waals surface area contributed by atoms with Gasteiger partial charge in [0.05, 0.1) is 33.8 Å². The number of hydrogen-bond donors (Lipinski definition) is 1. The van der Waals surface area contributed by atoms with E-state index in [0.29, 0.717) is 17.4 Å². The first-order valence-electron chi connectivity index (χ1n) is 33.1. The number of allylic oxidation sites excluding steroid dienone is 9. The van der Waals surface area contributed by atoms with Crippen LogP contribution >= 0.6 is 7.82 Å². The van der Waals surface area contributed by atoms with Crippen LogP contribution < -0.4 is 10.2 Å². The minimum Gasteiger partial charge on any atom is -0.756 e. The van der Waals surface area contributed by atoms with Crippen LogP contribution in [0.15, 0.2) is 60.8 Å². The summed E-state index contributed by atoms with van der Waals surface area (Å²) in [5.41, 5.74) is 0. The number of amides is 1. The van der Waals surface area contributed by atoms with Crippen molar-refractivity contribution in [3.05, 3.63) is 60.8 Å². The fourth-order valence-corrected chi connectivity index (χ4v) is 10.2. The Kier molecular flexibility index (Phi) is 56.2. The SMILES string of the molecule is CCCCC/C=C\C/C=C\CCCCCCCCCCCCCCCC(=O)OC(/C=C\CCCCCCCCCCCC)C(COP(=O)([O-])OCC[N+](C)(C)C)NC(=O)CCCCCCCCC/C=C\C/C=C\CCCCC. The molecule has 0 rings (SSSR count). The molecule has 78 heavy (non-hydrogen) atoms. The number of carbonyl (C=O) groups is 2. The average Bonchev–Trinajstić information content (AvgIpc) is 3.40. The standard InChI is InChI=1S/C68H127N2O7P/c1-7-10-13-16-19-22-25-28-30-32-33-34-35-36-37-39-41-43-46-49-52-55-58-61-68(72)77-66(59-56-53-50-47-44-27-24-21-18-15-12-9-3)65(64-76-78(73,74)75-63-62-70(4,5)6)69-67(71)60-57-54-51-48-45-42-40-38-31-29-26-23-20-17-14-11-8-2/h19-20,22-23,28-31,56,59,65-66H,7-18,21,24-27,32-55,57-58,60-64H2,1-6H3,(H-,69,71,73,74)/b22-19-,23-20-,30-28-,31-29-,59-56-. The van der Waals surface area contributed by atoms with Crippen molar-refractivity contribution >= 4 is 19.7 Å². The highest BCUT2D eigenvalue weighted by Crippen LogP contribution is 2.38. The minimum atomic E-state index is -4.70. The Morgan fingerprint density at radius 3 is 1.18 bits per heavy atom. The lowest BCUT2D eigenvalue weighted by atomic mass is 10.0. The first-order chi connectivity index (χ1) is 37.9. The predicted molar refractivity (Wildman–Crippen MR) is 335 cm³/mol. The average molecular weight is 1120 g/mol. The maximum absolute atomic E-state index is 13.5. The Labute approximate surface area is 483 Å². The lowest BCUT2D eigenvalue weighted by Crippen LogP contribution is -2.47. The molecular weight excluding hydrogens is 988 g/mol. The molecule has 3 atom stereocenters. The molecule has 0 aromatic rings. The van der Waals surface area contributed by atoms with Crippen LogP contribution in [0.1, 0.15) is 310 Å². The molecule has 0 fully saturated rings. The van der Waals surface area contributed by atoms with E-state index >= 15 is 0 Å². The van der Waals surface area contributed by atoms with Crippen molar-refractivity contribution in [3.63, 3.8) is 0 Å². The highest BCUT2D eigenvalue weighted by molar-refractivity contribution is 7.45. The molecule has 1 N–H and O–H groups in total. The van der Waals surface area contributed by atoms with Gasteiger partial charge in [-0.2, -0.15) is 0 Å². The molecule has 0 aliphatic rings. The molecule has 1 amide bonds. The van der Waals surface area contributed by atoms with Crippen molar-refractivity contribution in [2.45, 2.75) is 322 Å². The predicted octanol–water partition coefficient (Wildman–Crippen LogP) is 20.0. The summed E-state index contributed by atoms with van der Waals surface area (Å²) in [6.45, 7) is 6.81. The van der Waals surface area contributed by atoms with Crippen molar-refractivity contribution in [1.82, 2.24) is 5.32 Å². The number of unbranched alkanes of at least 4 members (excludes halogenated alkanes) is 36. The second-order valence-corrected chi connectivity index (χ2v) is 25.0. The molecule has 10 heteroatoms. The summed E-state index contributed by atoms with van der Waals surface area (Å²) >= 11 is 0. The van der Waals surface area contributed by atoms with Gasteiger partial charge in [0.25, 0.3) is 7.82 Å². The van der Waals surface area contributed by atoms with E-state index in [9.17, 15) is 19.0 Å². The summed E-state index contributed by atoms with van der Waals surface area (Å²) in [6.07, 6.45) is 73.3. The van der Waals surface area contributed by atoms with E-state index in [1.165, 1.54) is 193 Å². The number of carbonyl (C=O) groups excluding carboxylic acids is 2. The normalized spacial score (nSPS) is 14.0. The molecule has 0 radical (unpaired) electrons. The Balaban J connectivity index is 5.14. The number of ether oxygens (including phenoxy) is 1. The topological polar surface area (TPSA) is 114 Å². The van der Waals surface area contributed by atoms with E-state index in [2.05, 4.69) is 74.7 Å². The van der Waals surface area contributed by atoms with Gasteiger partial charge in [-0.25, -0.2) is 0 Å². The second-order valence-electron chi connectivity index (χ2n) is 23.6. The maximum atomic E-state index is 13.5. The monoisotopic (exact) mass is 1110 g/mol. The van der Waals surface area contributed by atoms with Crippen LogP contribution in [0.25, 0.3) is 0 Å². The second kappa shape index (κ2) is 57.9. The van der Waals surface area contributed by atoms with Crippen molar-refractivity contribution in [3.8, 4) is 0 Å².